The molecule has 7 heteroatoms. The van der Waals surface area contributed by atoms with E-state index in [4.69, 9.17) is 4.74 Å². The predicted octanol–water partition coefficient (Wildman–Crippen LogP) is 0.612. The van der Waals surface area contributed by atoms with Gasteiger partial charge in [-0.25, -0.2) is 17.5 Å². The fourth-order valence-corrected chi connectivity index (χ4v) is 3.53. The first kappa shape index (κ1) is 14.4. The lowest BCUT2D eigenvalue weighted by Crippen LogP contribution is -2.35. The summed E-state index contributed by atoms with van der Waals surface area (Å²) in [6.07, 6.45) is 0.635. The van der Waals surface area contributed by atoms with Crippen LogP contribution in [0.15, 0.2) is 23.1 Å². The molecule has 1 fully saturated rings. The van der Waals surface area contributed by atoms with E-state index in [-0.39, 0.29) is 10.9 Å². The van der Waals surface area contributed by atoms with E-state index >= 15 is 0 Å². The molecule has 1 aromatic carbocycles. The van der Waals surface area contributed by atoms with Gasteiger partial charge in [0.25, 0.3) is 0 Å². The quantitative estimate of drug-likeness (QED) is 0.833. The van der Waals surface area contributed by atoms with Crippen LogP contribution in [-0.2, 0) is 21.3 Å². The van der Waals surface area contributed by atoms with Crippen LogP contribution in [-0.4, -0.2) is 34.7 Å². The van der Waals surface area contributed by atoms with Gasteiger partial charge in [-0.05, 0) is 31.2 Å². The zero-order valence-electron chi connectivity index (χ0n) is 10.6. The summed E-state index contributed by atoms with van der Waals surface area (Å²) in [5.41, 5.74) is 0.537. The van der Waals surface area contributed by atoms with Crippen molar-refractivity contribution in [1.82, 2.24) is 10.0 Å². The normalized spacial score (nSPS) is 19.8. The van der Waals surface area contributed by atoms with Gasteiger partial charge in [0.1, 0.15) is 5.82 Å². The van der Waals surface area contributed by atoms with E-state index in [0.717, 1.165) is 6.07 Å². The highest BCUT2D eigenvalue weighted by atomic mass is 32.2. The Bertz CT molecular complexity index is 542. The second kappa shape index (κ2) is 5.96. The van der Waals surface area contributed by atoms with E-state index in [0.29, 0.717) is 31.7 Å². The van der Waals surface area contributed by atoms with Gasteiger partial charge in [-0.15, -0.1) is 0 Å². The molecule has 2 N–H and O–H groups in total. The Morgan fingerprint density at radius 2 is 2.26 bits per heavy atom. The number of halogens is 1. The Morgan fingerprint density at radius 3 is 2.89 bits per heavy atom. The van der Waals surface area contributed by atoms with Gasteiger partial charge >= 0.3 is 0 Å². The second-order valence-electron chi connectivity index (χ2n) is 4.46. The third kappa shape index (κ3) is 3.50. The van der Waals surface area contributed by atoms with Crippen molar-refractivity contribution in [1.29, 1.82) is 0 Å². The minimum absolute atomic E-state index is 0.0197. The summed E-state index contributed by atoms with van der Waals surface area (Å²) in [5.74, 6) is -0.567. The molecule has 1 aliphatic rings. The molecule has 0 spiro atoms. The number of hydrogen-bond acceptors (Lipinski definition) is 4. The Balaban J connectivity index is 2.29. The molecule has 1 heterocycles. The van der Waals surface area contributed by atoms with E-state index < -0.39 is 15.8 Å². The van der Waals surface area contributed by atoms with E-state index in [1.807, 2.05) is 0 Å². The molecule has 0 amide bonds. The highest BCUT2D eigenvalue weighted by Gasteiger charge is 2.25. The summed E-state index contributed by atoms with van der Waals surface area (Å²) in [6.45, 7) is 1.26. The fraction of sp³-hybridized carbons (Fsp3) is 0.500. The molecule has 1 atom stereocenters. The molecule has 2 rings (SSSR count). The zero-order valence-corrected chi connectivity index (χ0v) is 11.5. The average Bonchev–Trinajstić information content (AvgIpc) is 2.83. The summed E-state index contributed by atoms with van der Waals surface area (Å²) < 4.78 is 45.5. The Kier molecular flexibility index (Phi) is 4.51. The van der Waals surface area contributed by atoms with Crippen molar-refractivity contribution in [3.05, 3.63) is 29.6 Å². The van der Waals surface area contributed by atoms with Gasteiger partial charge in [0.05, 0.1) is 11.5 Å². The van der Waals surface area contributed by atoms with E-state index in [1.165, 1.54) is 12.1 Å². The van der Waals surface area contributed by atoms with Gasteiger partial charge in [-0.1, -0.05) is 6.07 Å². The summed E-state index contributed by atoms with van der Waals surface area (Å²) in [7, 11) is -2.02. The smallest absolute Gasteiger partial charge is 0.241 e. The Labute approximate surface area is 112 Å². The predicted molar refractivity (Wildman–Crippen MR) is 68.7 cm³/mol. The molecule has 1 saturated heterocycles. The van der Waals surface area contributed by atoms with E-state index in [2.05, 4.69) is 10.0 Å². The fourth-order valence-electron chi connectivity index (χ4n) is 2.03. The number of benzene rings is 1. The van der Waals surface area contributed by atoms with Gasteiger partial charge in [0.15, 0.2) is 0 Å². The summed E-state index contributed by atoms with van der Waals surface area (Å²) in [6, 6.07) is 3.54. The van der Waals surface area contributed by atoms with E-state index in [1.54, 1.807) is 7.05 Å². The lowest BCUT2D eigenvalue weighted by atomic mass is 10.2. The first-order valence-electron chi connectivity index (χ1n) is 6.06. The van der Waals surface area contributed by atoms with Crippen molar-refractivity contribution < 1.29 is 17.5 Å². The van der Waals surface area contributed by atoms with Crippen LogP contribution in [0.4, 0.5) is 4.39 Å². The van der Waals surface area contributed by atoms with Crippen molar-refractivity contribution in [3.63, 3.8) is 0 Å². The lowest BCUT2D eigenvalue weighted by Gasteiger charge is -2.14. The molecule has 5 nitrogen and oxygen atoms in total. The molecule has 0 bridgehead atoms. The molecule has 1 aromatic rings. The van der Waals surface area contributed by atoms with Gasteiger partial charge in [-0.3, -0.25) is 0 Å². The molecule has 19 heavy (non-hydrogen) atoms. The van der Waals surface area contributed by atoms with Crippen LogP contribution in [0.25, 0.3) is 0 Å². The van der Waals surface area contributed by atoms with Crippen molar-refractivity contribution in [2.45, 2.75) is 23.9 Å². The van der Waals surface area contributed by atoms with Crippen LogP contribution in [0.1, 0.15) is 12.0 Å². The summed E-state index contributed by atoms with van der Waals surface area (Å²) in [4.78, 5) is -0.0197. The number of hydrogen-bond donors (Lipinski definition) is 2. The molecule has 1 aliphatic heterocycles. The second-order valence-corrected chi connectivity index (χ2v) is 6.15. The average molecular weight is 288 g/mol. The summed E-state index contributed by atoms with van der Waals surface area (Å²) in [5, 5.41) is 2.87. The molecular weight excluding hydrogens is 271 g/mol. The molecular formula is C12H17FN2O3S. The molecule has 1 unspecified atom stereocenters. The maximum atomic E-state index is 13.3. The van der Waals surface area contributed by atoms with Crippen LogP contribution in [0.5, 0.6) is 0 Å². The molecule has 106 valence electrons. The SMILES string of the molecule is CNCc1ccc(F)cc1S(=O)(=O)NC1CCOC1. The van der Waals surface area contributed by atoms with Crippen molar-refractivity contribution in [2.75, 3.05) is 20.3 Å². The number of nitrogens with one attached hydrogen (secondary N) is 2. The van der Waals surface area contributed by atoms with E-state index in [9.17, 15) is 12.8 Å². The number of rotatable bonds is 5. The monoisotopic (exact) mass is 288 g/mol. The highest BCUT2D eigenvalue weighted by Crippen LogP contribution is 2.19. The molecule has 0 aromatic heterocycles. The maximum Gasteiger partial charge on any atom is 0.241 e. The number of sulfonamides is 1. The molecule has 0 radical (unpaired) electrons. The van der Waals surface area contributed by atoms with Crippen molar-refractivity contribution >= 4 is 10.0 Å². The lowest BCUT2D eigenvalue weighted by molar-refractivity contribution is 0.192. The third-order valence-corrected chi connectivity index (χ3v) is 4.54. The third-order valence-electron chi connectivity index (χ3n) is 2.94. The highest BCUT2D eigenvalue weighted by molar-refractivity contribution is 7.89. The van der Waals surface area contributed by atoms with Crippen LogP contribution < -0.4 is 10.0 Å². The standard InChI is InChI=1S/C12H17FN2O3S/c1-14-7-9-2-3-10(13)6-12(9)19(16,17)15-11-4-5-18-8-11/h2-3,6,11,14-15H,4-5,7-8H2,1H3. The van der Waals surface area contributed by atoms with Crippen LogP contribution in [0.2, 0.25) is 0 Å². The zero-order chi connectivity index (χ0) is 13.9. The Hall–Kier alpha value is -1.02. The first-order chi connectivity index (χ1) is 9.03. The van der Waals surface area contributed by atoms with Crippen molar-refractivity contribution in [3.8, 4) is 0 Å². The van der Waals surface area contributed by atoms with Gasteiger partial charge in [0, 0.05) is 19.2 Å². The topological polar surface area (TPSA) is 67.4 Å². The Morgan fingerprint density at radius 1 is 1.47 bits per heavy atom. The van der Waals surface area contributed by atoms with Crippen molar-refractivity contribution in [2.24, 2.45) is 0 Å². The maximum absolute atomic E-state index is 13.3. The first-order valence-corrected chi connectivity index (χ1v) is 7.54. The van der Waals surface area contributed by atoms with Gasteiger partial charge in [-0.2, -0.15) is 0 Å². The van der Waals surface area contributed by atoms with Crippen LogP contribution >= 0.6 is 0 Å². The number of ether oxygens (including phenoxy) is 1. The van der Waals surface area contributed by atoms with Crippen LogP contribution in [0.3, 0.4) is 0 Å². The summed E-state index contributed by atoms with van der Waals surface area (Å²) >= 11 is 0. The van der Waals surface area contributed by atoms with Crippen LogP contribution in [0, 0.1) is 5.82 Å². The van der Waals surface area contributed by atoms with Gasteiger partial charge in [0.2, 0.25) is 10.0 Å². The largest absolute Gasteiger partial charge is 0.380 e. The van der Waals surface area contributed by atoms with Gasteiger partial charge < -0.3 is 10.1 Å². The molecule has 0 saturated carbocycles. The molecule has 0 aliphatic carbocycles. The minimum atomic E-state index is -3.73. The minimum Gasteiger partial charge on any atom is -0.380 e.